The first kappa shape index (κ1) is 17.8. The van der Waals surface area contributed by atoms with E-state index in [-0.39, 0.29) is 0 Å². The van der Waals surface area contributed by atoms with E-state index in [0.717, 1.165) is 37.7 Å². The van der Waals surface area contributed by atoms with Crippen molar-refractivity contribution in [3.8, 4) is 17.4 Å². The standard InChI is InChI=1S/C20H22N6O2/c1-27-15-5-7-16(8-6-15)28-20-18(21)19(23-14-24-20)26-12-10-25(11-13-26)17-4-2-3-9-22-17/h2-9,14H,10-13,21H2,1H3. The fourth-order valence-electron chi connectivity index (χ4n) is 3.15. The molecule has 4 rings (SSSR count). The molecule has 1 aromatic carbocycles. The molecule has 1 aliphatic rings. The van der Waals surface area contributed by atoms with E-state index < -0.39 is 0 Å². The van der Waals surface area contributed by atoms with Gasteiger partial charge in [-0.05, 0) is 36.4 Å². The third kappa shape index (κ3) is 3.75. The van der Waals surface area contributed by atoms with Crippen LogP contribution in [0.1, 0.15) is 0 Å². The predicted octanol–water partition coefficient (Wildman–Crippen LogP) is 2.58. The average Bonchev–Trinajstić information content (AvgIpc) is 2.76. The van der Waals surface area contributed by atoms with E-state index in [0.29, 0.717) is 23.1 Å². The summed E-state index contributed by atoms with van der Waals surface area (Å²) in [6.45, 7) is 3.27. The van der Waals surface area contributed by atoms with Gasteiger partial charge < -0.3 is 25.0 Å². The first-order valence-corrected chi connectivity index (χ1v) is 9.08. The molecule has 1 fully saturated rings. The van der Waals surface area contributed by atoms with Gasteiger partial charge in [0.1, 0.15) is 29.3 Å². The number of methoxy groups -OCH3 is 1. The molecule has 2 aromatic heterocycles. The topological polar surface area (TPSA) is 89.6 Å². The lowest BCUT2D eigenvalue weighted by Gasteiger charge is -2.36. The highest BCUT2D eigenvalue weighted by Crippen LogP contribution is 2.32. The van der Waals surface area contributed by atoms with E-state index in [9.17, 15) is 0 Å². The first-order chi connectivity index (χ1) is 13.7. The van der Waals surface area contributed by atoms with Gasteiger partial charge in [-0.2, -0.15) is 4.98 Å². The Bertz CT molecular complexity index is 912. The van der Waals surface area contributed by atoms with Crippen molar-refractivity contribution in [1.82, 2.24) is 15.0 Å². The highest BCUT2D eigenvalue weighted by atomic mass is 16.5. The van der Waals surface area contributed by atoms with E-state index in [1.54, 1.807) is 7.11 Å². The lowest BCUT2D eigenvalue weighted by molar-refractivity contribution is 0.412. The number of benzene rings is 1. The van der Waals surface area contributed by atoms with E-state index in [4.69, 9.17) is 15.2 Å². The van der Waals surface area contributed by atoms with Crippen molar-refractivity contribution in [2.75, 3.05) is 48.8 Å². The zero-order valence-electron chi connectivity index (χ0n) is 15.7. The molecule has 0 saturated carbocycles. The second-order valence-corrected chi connectivity index (χ2v) is 6.36. The molecule has 3 heterocycles. The number of hydrogen-bond donors (Lipinski definition) is 1. The summed E-state index contributed by atoms with van der Waals surface area (Å²) < 4.78 is 11.0. The zero-order valence-corrected chi connectivity index (χ0v) is 15.7. The van der Waals surface area contributed by atoms with Crippen molar-refractivity contribution < 1.29 is 9.47 Å². The molecule has 28 heavy (non-hydrogen) atoms. The van der Waals surface area contributed by atoms with Crippen molar-refractivity contribution in [2.24, 2.45) is 0 Å². The minimum atomic E-state index is 0.349. The number of aromatic nitrogens is 3. The number of nitrogens with two attached hydrogens (primary N) is 1. The predicted molar refractivity (Wildman–Crippen MR) is 108 cm³/mol. The lowest BCUT2D eigenvalue weighted by atomic mass is 10.3. The van der Waals surface area contributed by atoms with Crippen LogP contribution in [-0.4, -0.2) is 48.2 Å². The highest BCUT2D eigenvalue weighted by Gasteiger charge is 2.22. The van der Waals surface area contributed by atoms with Crippen LogP contribution in [0.2, 0.25) is 0 Å². The smallest absolute Gasteiger partial charge is 0.248 e. The Balaban J connectivity index is 1.46. The van der Waals surface area contributed by atoms with E-state index in [1.807, 2.05) is 48.7 Å². The van der Waals surface area contributed by atoms with Crippen LogP contribution < -0.4 is 25.0 Å². The van der Waals surface area contributed by atoms with Crippen LogP contribution in [0.3, 0.4) is 0 Å². The molecule has 1 saturated heterocycles. The molecule has 0 aliphatic carbocycles. The summed E-state index contributed by atoms with van der Waals surface area (Å²) in [5.74, 6) is 3.43. The molecule has 0 spiro atoms. The number of pyridine rings is 1. The van der Waals surface area contributed by atoms with Gasteiger partial charge in [0, 0.05) is 32.4 Å². The van der Waals surface area contributed by atoms with Crippen molar-refractivity contribution in [3.63, 3.8) is 0 Å². The van der Waals surface area contributed by atoms with Gasteiger partial charge in [0.25, 0.3) is 0 Å². The summed E-state index contributed by atoms with van der Waals surface area (Å²) in [4.78, 5) is 17.4. The summed E-state index contributed by atoms with van der Waals surface area (Å²) >= 11 is 0. The van der Waals surface area contributed by atoms with Gasteiger partial charge in [0.2, 0.25) is 5.88 Å². The van der Waals surface area contributed by atoms with Gasteiger partial charge in [-0.3, -0.25) is 0 Å². The Kier molecular flexibility index (Phi) is 5.09. The van der Waals surface area contributed by atoms with Crippen molar-refractivity contribution in [2.45, 2.75) is 0 Å². The van der Waals surface area contributed by atoms with Crippen LogP contribution in [0.4, 0.5) is 17.3 Å². The monoisotopic (exact) mass is 378 g/mol. The number of nitrogens with zero attached hydrogens (tertiary/aromatic N) is 5. The normalized spacial score (nSPS) is 14.0. The largest absolute Gasteiger partial charge is 0.497 e. The number of nitrogen functional groups attached to an aromatic ring is 1. The Morgan fingerprint density at radius 3 is 2.25 bits per heavy atom. The maximum absolute atomic E-state index is 6.32. The summed E-state index contributed by atoms with van der Waals surface area (Å²) in [6.07, 6.45) is 3.29. The SMILES string of the molecule is COc1ccc(Oc2ncnc(N3CCN(c4ccccn4)CC3)c2N)cc1. The van der Waals surface area contributed by atoms with Crippen LogP contribution in [0.15, 0.2) is 55.0 Å². The Morgan fingerprint density at radius 2 is 1.57 bits per heavy atom. The highest BCUT2D eigenvalue weighted by molar-refractivity contribution is 5.68. The minimum absolute atomic E-state index is 0.349. The summed E-state index contributed by atoms with van der Waals surface area (Å²) in [5, 5.41) is 0. The van der Waals surface area contributed by atoms with Gasteiger partial charge >= 0.3 is 0 Å². The number of ether oxygens (including phenoxy) is 2. The molecule has 0 atom stereocenters. The number of anilines is 3. The Hall–Kier alpha value is -3.55. The Morgan fingerprint density at radius 1 is 0.857 bits per heavy atom. The maximum Gasteiger partial charge on any atom is 0.248 e. The number of rotatable bonds is 5. The number of hydrogen-bond acceptors (Lipinski definition) is 8. The van der Waals surface area contributed by atoms with E-state index >= 15 is 0 Å². The van der Waals surface area contributed by atoms with Gasteiger partial charge in [-0.25, -0.2) is 9.97 Å². The molecule has 8 nitrogen and oxygen atoms in total. The second kappa shape index (κ2) is 7.99. The second-order valence-electron chi connectivity index (χ2n) is 6.36. The fraction of sp³-hybridized carbons (Fsp3) is 0.250. The third-order valence-corrected chi connectivity index (χ3v) is 4.65. The molecule has 0 bridgehead atoms. The van der Waals surface area contributed by atoms with Crippen molar-refractivity contribution >= 4 is 17.3 Å². The maximum atomic E-state index is 6.32. The molecule has 0 amide bonds. The minimum Gasteiger partial charge on any atom is -0.497 e. The third-order valence-electron chi connectivity index (χ3n) is 4.65. The summed E-state index contributed by atoms with van der Waals surface area (Å²) in [5.41, 5.74) is 6.76. The average molecular weight is 378 g/mol. The van der Waals surface area contributed by atoms with E-state index in [2.05, 4.69) is 24.8 Å². The first-order valence-electron chi connectivity index (χ1n) is 9.08. The molecule has 2 N–H and O–H groups in total. The number of piperazine rings is 1. The molecule has 8 heteroatoms. The molecule has 144 valence electrons. The van der Waals surface area contributed by atoms with Crippen LogP contribution in [0.25, 0.3) is 0 Å². The van der Waals surface area contributed by atoms with E-state index in [1.165, 1.54) is 6.33 Å². The quantitative estimate of drug-likeness (QED) is 0.725. The molecule has 3 aromatic rings. The Labute approximate surface area is 163 Å². The molecule has 0 unspecified atom stereocenters. The zero-order chi connectivity index (χ0) is 19.3. The van der Waals surface area contributed by atoms with Gasteiger partial charge in [-0.15, -0.1) is 0 Å². The van der Waals surface area contributed by atoms with Crippen LogP contribution >= 0.6 is 0 Å². The van der Waals surface area contributed by atoms with Gasteiger partial charge in [0.15, 0.2) is 5.82 Å². The van der Waals surface area contributed by atoms with Crippen LogP contribution in [0, 0.1) is 0 Å². The van der Waals surface area contributed by atoms with Crippen molar-refractivity contribution in [3.05, 3.63) is 55.0 Å². The van der Waals surface area contributed by atoms with Gasteiger partial charge in [-0.1, -0.05) is 6.07 Å². The summed E-state index contributed by atoms with van der Waals surface area (Å²) in [7, 11) is 1.62. The molecule has 1 aliphatic heterocycles. The van der Waals surface area contributed by atoms with Crippen molar-refractivity contribution in [1.29, 1.82) is 0 Å². The van der Waals surface area contributed by atoms with Crippen LogP contribution in [0.5, 0.6) is 17.4 Å². The fourth-order valence-corrected chi connectivity index (χ4v) is 3.15. The molecule has 0 radical (unpaired) electrons. The molecular weight excluding hydrogens is 356 g/mol. The summed E-state index contributed by atoms with van der Waals surface area (Å²) in [6, 6.07) is 13.2. The molecular formula is C20H22N6O2. The lowest BCUT2D eigenvalue weighted by Crippen LogP contribution is -2.47. The van der Waals surface area contributed by atoms with Gasteiger partial charge in [0.05, 0.1) is 7.11 Å². The van der Waals surface area contributed by atoms with Crippen LogP contribution in [-0.2, 0) is 0 Å².